The fraction of sp³-hybridized carbons (Fsp3) is 0.188. The van der Waals surface area contributed by atoms with Crippen LogP contribution in [0.25, 0.3) is 11.3 Å². The van der Waals surface area contributed by atoms with Crippen LogP contribution in [0, 0.1) is 12.7 Å². The molecule has 3 aromatic rings. The highest BCUT2D eigenvalue weighted by Gasteiger charge is 2.19. The second kappa shape index (κ2) is 6.37. The lowest BCUT2D eigenvalue weighted by Gasteiger charge is -2.09. The van der Waals surface area contributed by atoms with E-state index in [4.69, 9.17) is 0 Å². The van der Waals surface area contributed by atoms with Crippen LogP contribution in [-0.2, 0) is 16.6 Å². The maximum absolute atomic E-state index is 13.2. The molecule has 126 valence electrons. The summed E-state index contributed by atoms with van der Waals surface area (Å²) >= 11 is 1.14. The summed E-state index contributed by atoms with van der Waals surface area (Å²) < 4.78 is 42.8. The largest absolute Gasteiger partial charge is 0.279 e. The third-order valence-electron chi connectivity index (χ3n) is 3.58. The molecular weight excluding hydrogens is 349 g/mol. The third kappa shape index (κ3) is 3.20. The number of hydrogen-bond donors (Lipinski definition) is 1. The van der Waals surface area contributed by atoms with Crippen LogP contribution in [0.2, 0.25) is 0 Å². The van der Waals surface area contributed by atoms with E-state index in [1.54, 1.807) is 29.2 Å². The van der Waals surface area contributed by atoms with Gasteiger partial charge in [0.15, 0.2) is 0 Å². The molecule has 8 heteroatoms. The van der Waals surface area contributed by atoms with E-state index in [1.165, 1.54) is 18.2 Å². The van der Waals surface area contributed by atoms with E-state index < -0.39 is 15.8 Å². The highest BCUT2D eigenvalue weighted by atomic mass is 32.2. The number of aryl methyl sites for hydroxylation is 2. The van der Waals surface area contributed by atoms with E-state index >= 15 is 0 Å². The van der Waals surface area contributed by atoms with Gasteiger partial charge in [-0.2, -0.15) is 5.10 Å². The summed E-state index contributed by atoms with van der Waals surface area (Å²) in [7, 11) is -3.72. The Morgan fingerprint density at radius 2 is 2.08 bits per heavy atom. The standard InChI is InChI=1S/C16H16FN3O2S2/c1-3-20-15(6-7-18-20)12-9-16(23-10-12)24(21,22)19-14-5-4-13(17)8-11(14)2/h4-10,19H,3H2,1-2H3. The van der Waals surface area contributed by atoms with E-state index in [9.17, 15) is 12.8 Å². The summed E-state index contributed by atoms with van der Waals surface area (Å²) in [6.07, 6.45) is 1.69. The number of aromatic nitrogens is 2. The van der Waals surface area contributed by atoms with Gasteiger partial charge in [0.05, 0.1) is 11.4 Å². The molecule has 0 spiro atoms. The number of sulfonamides is 1. The van der Waals surface area contributed by atoms with Gasteiger partial charge in [-0.15, -0.1) is 11.3 Å². The molecule has 0 fully saturated rings. The van der Waals surface area contributed by atoms with E-state index in [-0.39, 0.29) is 4.21 Å². The van der Waals surface area contributed by atoms with Gasteiger partial charge >= 0.3 is 0 Å². The Labute approximate surface area is 143 Å². The molecule has 0 radical (unpaired) electrons. The van der Waals surface area contributed by atoms with Crippen molar-refractivity contribution in [1.29, 1.82) is 0 Å². The van der Waals surface area contributed by atoms with Gasteiger partial charge in [0.25, 0.3) is 10.0 Å². The van der Waals surface area contributed by atoms with Crippen molar-refractivity contribution in [2.24, 2.45) is 0 Å². The lowest BCUT2D eigenvalue weighted by atomic mass is 10.2. The fourth-order valence-corrected chi connectivity index (χ4v) is 4.66. The van der Waals surface area contributed by atoms with Crippen molar-refractivity contribution in [2.45, 2.75) is 24.6 Å². The number of nitrogens with zero attached hydrogens (tertiary/aromatic N) is 2. The van der Waals surface area contributed by atoms with Gasteiger partial charge in [0.1, 0.15) is 10.0 Å². The maximum atomic E-state index is 13.2. The van der Waals surface area contributed by atoms with E-state index in [0.717, 1.165) is 22.6 Å². The van der Waals surface area contributed by atoms with Crippen molar-refractivity contribution >= 4 is 27.0 Å². The number of hydrogen-bond acceptors (Lipinski definition) is 4. The molecule has 3 rings (SSSR count). The van der Waals surface area contributed by atoms with Crippen LogP contribution < -0.4 is 4.72 Å². The molecule has 1 N–H and O–H groups in total. The van der Waals surface area contributed by atoms with Crippen LogP contribution in [0.4, 0.5) is 10.1 Å². The predicted molar refractivity (Wildman–Crippen MR) is 93.2 cm³/mol. The van der Waals surface area contributed by atoms with Gasteiger partial charge in [-0.3, -0.25) is 9.40 Å². The monoisotopic (exact) mass is 365 g/mol. The van der Waals surface area contributed by atoms with Gasteiger partial charge in [-0.05, 0) is 49.7 Å². The molecule has 0 saturated heterocycles. The van der Waals surface area contributed by atoms with Crippen molar-refractivity contribution in [2.75, 3.05) is 4.72 Å². The molecule has 24 heavy (non-hydrogen) atoms. The second-order valence-corrected chi connectivity index (χ2v) is 8.07. The van der Waals surface area contributed by atoms with Gasteiger partial charge in [0.2, 0.25) is 0 Å². The summed E-state index contributed by atoms with van der Waals surface area (Å²) in [4.78, 5) is 0. The quantitative estimate of drug-likeness (QED) is 0.746. The van der Waals surface area contributed by atoms with E-state index in [0.29, 0.717) is 17.8 Å². The van der Waals surface area contributed by atoms with Crippen molar-refractivity contribution in [1.82, 2.24) is 9.78 Å². The van der Waals surface area contributed by atoms with Crippen molar-refractivity contribution < 1.29 is 12.8 Å². The molecule has 2 heterocycles. The third-order valence-corrected chi connectivity index (χ3v) is 6.39. The normalized spacial score (nSPS) is 11.6. The fourth-order valence-electron chi connectivity index (χ4n) is 2.36. The summed E-state index contributed by atoms with van der Waals surface area (Å²) in [5.74, 6) is -0.401. The zero-order valence-corrected chi connectivity index (χ0v) is 14.8. The first-order valence-corrected chi connectivity index (χ1v) is 9.66. The van der Waals surface area contributed by atoms with Crippen molar-refractivity contribution in [3.05, 3.63) is 53.3 Å². The molecule has 5 nitrogen and oxygen atoms in total. The van der Waals surface area contributed by atoms with Crippen LogP contribution in [0.5, 0.6) is 0 Å². The minimum atomic E-state index is -3.72. The summed E-state index contributed by atoms with van der Waals surface area (Å²) in [6, 6.07) is 7.40. The Kier molecular flexibility index (Phi) is 4.42. The van der Waals surface area contributed by atoms with Crippen molar-refractivity contribution in [3.63, 3.8) is 0 Å². The number of rotatable bonds is 5. The first-order valence-electron chi connectivity index (χ1n) is 7.30. The minimum Gasteiger partial charge on any atom is -0.279 e. The molecule has 0 aliphatic carbocycles. The number of thiophene rings is 1. The summed E-state index contributed by atoms with van der Waals surface area (Å²) in [5.41, 5.74) is 2.56. The highest BCUT2D eigenvalue weighted by molar-refractivity contribution is 7.94. The SMILES string of the molecule is CCn1nccc1-c1csc(S(=O)(=O)Nc2ccc(F)cc2C)c1. The number of nitrogens with one attached hydrogen (secondary N) is 1. The highest BCUT2D eigenvalue weighted by Crippen LogP contribution is 2.30. The summed E-state index contributed by atoms with van der Waals surface area (Å²) in [6.45, 7) is 4.33. The van der Waals surface area contributed by atoms with Gasteiger partial charge in [0, 0.05) is 23.7 Å². The molecule has 0 unspecified atom stereocenters. The molecule has 0 bridgehead atoms. The van der Waals surface area contributed by atoms with Crippen LogP contribution in [-0.4, -0.2) is 18.2 Å². The zero-order valence-electron chi connectivity index (χ0n) is 13.2. The minimum absolute atomic E-state index is 0.199. The molecule has 0 amide bonds. The van der Waals surface area contributed by atoms with Crippen LogP contribution in [0.15, 0.2) is 46.1 Å². The molecule has 0 saturated carbocycles. The van der Waals surface area contributed by atoms with Crippen LogP contribution >= 0.6 is 11.3 Å². The molecule has 2 aromatic heterocycles. The average Bonchev–Trinajstić information content (AvgIpc) is 3.18. The number of halogens is 1. The van der Waals surface area contributed by atoms with Crippen LogP contribution in [0.1, 0.15) is 12.5 Å². The van der Waals surface area contributed by atoms with Crippen molar-refractivity contribution in [3.8, 4) is 11.3 Å². The van der Waals surface area contributed by atoms with Gasteiger partial charge < -0.3 is 0 Å². The lowest BCUT2D eigenvalue weighted by molar-refractivity contribution is 0.602. The smallest absolute Gasteiger partial charge is 0.271 e. The van der Waals surface area contributed by atoms with Crippen LogP contribution in [0.3, 0.4) is 0 Å². The predicted octanol–water partition coefficient (Wildman–Crippen LogP) is 3.88. The Morgan fingerprint density at radius 1 is 1.29 bits per heavy atom. The molecule has 1 aromatic carbocycles. The zero-order chi connectivity index (χ0) is 17.3. The van der Waals surface area contributed by atoms with E-state index in [1.807, 2.05) is 13.0 Å². The topological polar surface area (TPSA) is 64.0 Å². The Morgan fingerprint density at radius 3 is 2.79 bits per heavy atom. The number of benzene rings is 1. The Hall–Kier alpha value is -2.19. The average molecular weight is 365 g/mol. The number of anilines is 1. The maximum Gasteiger partial charge on any atom is 0.271 e. The Bertz CT molecular complexity index is 977. The Balaban J connectivity index is 1.91. The second-order valence-electron chi connectivity index (χ2n) is 5.25. The van der Waals surface area contributed by atoms with Gasteiger partial charge in [-0.1, -0.05) is 0 Å². The molecule has 0 atom stereocenters. The van der Waals surface area contributed by atoms with E-state index in [2.05, 4.69) is 9.82 Å². The lowest BCUT2D eigenvalue weighted by Crippen LogP contribution is -2.12. The molecule has 0 aliphatic rings. The molecular formula is C16H16FN3O2S2. The first kappa shape index (κ1) is 16.7. The first-order chi connectivity index (χ1) is 11.4. The van der Waals surface area contributed by atoms with Gasteiger partial charge in [-0.25, -0.2) is 12.8 Å². The molecule has 0 aliphatic heterocycles. The summed E-state index contributed by atoms with van der Waals surface area (Å²) in [5, 5.41) is 5.98.